The maximum Gasteiger partial charge on any atom is 0.248 e. The maximum atomic E-state index is 12.8. The minimum atomic E-state index is -0.486. The number of pyridine rings is 1. The number of fused-ring (bicyclic) bond motifs is 3. The highest BCUT2D eigenvalue weighted by Crippen LogP contribution is 2.44. The number of anilines is 1. The van der Waals surface area contributed by atoms with Gasteiger partial charge in [-0.25, -0.2) is 4.98 Å². The van der Waals surface area contributed by atoms with Crippen LogP contribution >= 0.6 is 0 Å². The van der Waals surface area contributed by atoms with Gasteiger partial charge in [0.15, 0.2) is 11.4 Å². The molecule has 4 aromatic heterocycles. The Morgan fingerprint density at radius 3 is 2.47 bits per heavy atom. The van der Waals surface area contributed by atoms with E-state index in [1.807, 2.05) is 40.9 Å². The molecular weight excluding hydrogens is 484 g/mol. The molecule has 11 nitrogen and oxygen atoms in total. The van der Waals surface area contributed by atoms with E-state index in [4.69, 9.17) is 10.7 Å². The van der Waals surface area contributed by atoms with Gasteiger partial charge in [-0.05, 0) is 51.7 Å². The molecule has 3 N–H and O–H groups in total. The van der Waals surface area contributed by atoms with Gasteiger partial charge in [0, 0.05) is 48.1 Å². The smallest absolute Gasteiger partial charge is 0.248 e. The van der Waals surface area contributed by atoms with Crippen LogP contribution in [0.4, 0.5) is 5.82 Å². The Morgan fingerprint density at radius 1 is 1.11 bits per heavy atom. The Morgan fingerprint density at radius 2 is 1.87 bits per heavy atom. The molecule has 6 rings (SSSR count). The Hall–Kier alpha value is -4.12. The summed E-state index contributed by atoms with van der Waals surface area (Å²) >= 11 is 0. The molecule has 196 valence electrons. The fraction of sp³-hybridized carbons (Fsp3) is 0.407. The van der Waals surface area contributed by atoms with E-state index in [0.29, 0.717) is 29.7 Å². The number of rotatable bonds is 6. The molecule has 2 bridgehead atoms. The number of amides is 1. The molecule has 2 aliphatic rings. The highest BCUT2D eigenvalue weighted by molar-refractivity contribution is 6.00. The first-order valence-corrected chi connectivity index (χ1v) is 13.0. The van der Waals surface area contributed by atoms with Gasteiger partial charge in [-0.2, -0.15) is 14.7 Å². The van der Waals surface area contributed by atoms with E-state index in [9.17, 15) is 14.7 Å². The van der Waals surface area contributed by atoms with Crippen LogP contribution in [-0.4, -0.2) is 69.7 Å². The molecule has 6 heterocycles. The SMILES string of the molecule is CCn1ccc(-c2ccc(-c3cnn4c(N)c(C(C)=O)c(C5C[C@H]6CC[C@@H](C5)N6C(=O)CO)nc34)cn2)n1. The number of carbonyl (C=O) groups excluding carboxylic acids is 2. The molecule has 0 aliphatic carbocycles. The van der Waals surface area contributed by atoms with Gasteiger partial charge in [-0.1, -0.05) is 6.07 Å². The third kappa shape index (κ3) is 3.85. The van der Waals surface area contributed by atoms with Crippen LogP contribution in [0.2, 0.25) is 0 Å². The Kier molecular flexibility index (Phi) is 5.94. The lowest BCUT2D eigenvalue weighted by molar-refractivity contribution is -0.138. The lowest BCUT2D eigenvalue weighted by Crippen LogP contribution is -2.47. The van der Waals surface area contributed by atoms with E-state index in [1.165, 1.54) is 11.4 Å². The molecule has 0 radical (unpaired) electrons. The predicted octanol–water partition coefficient (Wildman–Crippen LogP) is 2.69. The standard InChI is InChI=1S/C27H30N8O3/c1-3-33-9-8-22(32-33)21-7-4-16(12-29-21)20-13-30-35-26(28)24(15(2)37)25(31-27(20)35)17-10-18-5-6-19(11-17)34(18)23(38)14-36/h4,7-9,12-13,17-19,36H,3,5-6,10-11,14,28H2,1-2H3/t17?,18-,19+. The zero-order valence-corrected chi connectivity index (χ0v) is 21.4. The van der Waals surface area contributed by atoms with Crippen LogP contribution < -0.4 is 5.73 Å². The Labute approximate surface area is 219 Å². The molecule has 38 heavy (non-hydrogen) atoms. The lowest BCUT2D eigenvalue weighted by Gasteiger charge is -2.39. The quantitative estimate of drug-likeness (QED) is 0.374. The van der Waals surface area contributed by atoms with Crippen molar-refractivity contribution in [2.45, 2.75) is 64.1 Å². The molecule has 1 amide bonds. The average molecular weight is 515 g/mol. The molecule has 2 saturated heterocycles. The zero-order valence-electron chi connectivity index (χ0n) is 21.4. The number of hydrogen-bond acceptors (Lipinski definition) is 8. The summed E-state index contributed by atoms with van der Waals surface area (Å²) in [5.41, 5.74) is 11.3. The van der Waals surface area contributed by atoms with Crippen molar-refractivity contribution in [3.63, 3.8) is 0 Å². The third-order valence-electron chi connectivity index (χ3n) is 7.91. The number of carbonyl (C=O) groups is 2. The van der Waals surface area contributed by atoms with Crippen molar-refractivity contribution in [1.82, 2.24) is 34.3 Å². The van der Waals surface area contributed by atoms with Crippen LogP contribution in [0.3, 0.4) is 0 Å². The third-order valence-corrected chi connectivity index (χ3v) is 7.91. The molecule has 3 atom stereocenters. The van der Waals surface area contributed by atoms with E-state index in [1.54, 1.807) is 12.4 Å². The van der Waals surface area contributed by atoms with E-state index in [-0.39, 0.29) is 35.5 Å². The number of nitrogen functional groups attached to an aromatic ring is 1. The Bertz CT molecular complexity index is 1530. The molecular formula is C27H30N8O3. The number of Topliss-reactive ketones (excluding diaryl/α,β-unsaturated/α-hetero) is 1. The normalized spacial score (nSPS) is 20.8. The number of ketones is 1. The van der Waals surface area contributed by atoms with Gasteiger partial charge in [0.05, 0.1) is 23.1 Å². The number of aliphatic hydroxyl groups is 1. The van der Waals surface area contributed by atoms with Crippen LogP contribution in [0.1, 0.15) is 61.5 Å². The number of piperidine rings is 1. The highest BCUT2D eigenvalue weighted by atomic mass is 16.3. The number of nitrogens with zero attached hydrogens (tertiary/aromatic N) is 7. The summed E-state index contributed by atoms with van der Waals surface area (Å²) in [6.07, 6.45) is 8.50. The van der Waals surface area contributed by atoms with Crippen molar-refractivity contribution < 1.29 is 14.7 Å². The van der Waals surface area contributed by atoms with Gasteiger partial charge >= 0.3 is 0 Å². The van der Waals surface area contributed by atoms with Crippen molar-refractivity contribution in [3.8, 4) is 22.5 Å². The molecule has 0 aromatic carbocycles. The van der Waals surface area contributed by atoms with Crippen molar-refractivity contribution in [3.05, 3.63) is 48.0 Å². The number of aryl methyl sites for hydroxylation is 1. The number of hydrogen-bond donors (Lipinski definition) is 2. The van der Waals surface area contributed by atoms with Gasteiger partial charge in [0.1, 0.15) is 18.1 Å². The zero-order chi connectivity index (χ0) is 26.6. The molecule has 2 aliphatic heterocycles. The molecule has 0 spiro atoms. The van der Waals surface area contributed by atoms with E-state index >= 15 is 0 Å². The van der Waals surface area contributed by atoms with Crippen LogP contribution in [0.5, 0.6) is 0 Å². The van der Waals surface area contributed by atoms with Crippen LogP contribution in [0.25, 0.3) is 28.2 Å². The van der Waals surface area contributed by atoms with Gasteiger partial charge in [0.2, 0.25) is 5.91 Å². The van der Waals surface area contributed by atoms with E-state index in [0.717, 1.165) is 41.9 Å². The second-order valence-electron chi connectivity index (χ2n) is 10.1. The average Bonchev–Trinajstić information content (AvgIpc) is 3.64. The molecule has 11 heteroatoms. The lowest BCUT2D eigenvalue weighted by atomic mass is 9.85. The predicted molar refractivity (Wildman–Crippen MR) is 140 cm³/mol. The van der Waals surface area contributed by atoms with Gasteiger partial charge in [-0.15, -0.1) is 0 Å². The minimum Gasteiger partial charge on any atom is -0.387 e. The first-order chi connectivity index (χ1) is 18.4. The highest BCUT2D eigenvalue weighted by Gasteiger charge is 2.44. The van der Waals surface area contributed by atoms with Crippen LogP contribution in [0, 0.1) is 0 Å². The summed E-state index contributed by atoms with van der Waals surface area (Å²) < 4.78 is 3.37. The van der Waals surface area contributed by atoms with E-state index < -0.39 is 6.61 Å². The largest absolute Gasteiger partial charge is 0.387 e. The molecule has 4 aromatic rings. The number of nitrogens with two attached hydrogens (primary N) is 1. The van der Waals surface area contributed by atoms with Gasteiger partial charge < -0.3 is 15.7 Å². The number of aliphatic hydroxyl groups excluding tert-OH is 1. The molecule has 2 fully saturated rings. The first kappa shape index (κ1) is 24.2. The van der Waals surface area contributed by atoms with Gasteiger partial charge in [0.25, 0.3) is 0 Å². The second kappa shape index (κ2) is 9.32. The maximum absolute atomic E-state index is 12.8. The van der Waals surface area contributed by atoms with Crippen LogP contribution in [0.15, 0.2) is 36.8 Å². The summed E-state index contributed by atoms with van der Waals surface area (Å²) in [6.45, 7) is 3.83. The second-order valence-corrected chi connectivity index (χ2v) is 10.1. The van der Waals surface area contributed by atoms with E-state index in [2.05, 4.69) is 15.2 Å². The molecule has 1 unspecified atom stereocenters. The van der Waals surface area contributed by atoms with Gasteiger partial charge in [-0.3, -0.25) is 19.3 Å². The summed E-state index contributed by atoms with van der Waals surface area (Å²) in [4.78, 5) is 36.5. The van der Waals surface area contributed by atoms with Crippen molar-refractivity contribution in [2.24, 2.45) is 0 Å². The summed E-state index contributed by atoms with van der Waals surface area (Å²) in [5, 5.41) is 18.4. The first-order valence-electron chi connectivity index (χ1n) is 13.0. The van der Waals surface area contributed by atoms with Crippen LogP contribution in [-0.2, 0) is 11.3 Å². The van der Waals surface area contributed by atoms with Crippen molar-refractivity contribution >= 4 is 23.2 Å². The fourth-order valence-electron chi connectivity index (χ4n) is 6.16. The number of aromatic nitrogens is 6. The summed E-state index contributed by atoms with van der Waals surface area (Å²) in [6, 6.07) is 5.86. The van der Waals surface area contributed by atoms with Crippen molar-refractivity contribution in [1.29, 1.82) is 0 Å². The Balaban J connectivity index is 1.39. The fourth-order valence-corrected chi connectivity index (χ4v) is 6.16. The summed E-state index contributed by atoms with van der Waals surface area (Å²) in [7, 11) is 0. The minimum absolute atomic E-state index is 0.0229. The summed E-state index contributed by atoms with van der Waals surface area (Å²) in [5.74, 6) is -0.165. The van der Waals surface area contributed by atoms with Crippen molar-refractivity contribution in [2.75, 3.05) is 12.3 Å². The molecule has 0 saturated carbocycles. The topological polar surface area (TPSA) is 145 Å². The monoisotopic (exact) mass is 514 g/mol.